The van der Waals surface area contributed by atoms with Crippen molar-refractivity contribution in [1.29, 1.82) is 0 Å². The Labute approximate surface area is 131 Å². The largest absolute Gasteiger partial charge is 0.342 e. The van der Waals surface area contributed by atoms with Crippen LogP contribution in [-0.2, 0) is 17.8 Å². The molecule has 1 aromatic carbocycles. The highest BCUT2D eigenvalue weighted by atomic mass is 16.2. The minimum Gasteiger partial charge on any atom is -0.342 e. The molecule has 2 heterocycles. The molecule has 0 unspecified atom stereocenters. The highest BCUT2D eigenvalue weighted by Gasteiger charge is 2.22. The number of carbonyl (C=O) groups is 1. The van der Waals surface area contributed by atoms with Crippen molar-refractivity contribution in [2.24, 2.45) is 5.92 Å². The molecule has 3 rings (SSSR count). The van der Waals surface area contributed by atoms with Crippen LogP contribution in [0, 0.1) is 12.8 Å². The molecule has 1 aromatic heterocycles. The molecule has 0 atom stereocenters. The fourth-order valence-corrected chi connectivity index (χ4v) is 3.17. The monoisotopic (exact) mass is 297 g/mol. The van der Waals surface area contributed by atoms with E-state index >= 15 is 0 Å². The second-order valence-corrected chi connectivity index (χ2v) is 6.25. The highest BCUT2D eigenvalue weighted by molar-refractivity contribution is 5.78. The van der Waals surface area contributed by atoms with Gasteiger partial charge in [-0.15, -0.1) is 0 Å². The first-order chi connectivity index (χ1) is 10.7. The number of nitrogens with zero attached hydrogens (tertiary/aromatic N) is 3. The normalized spacial score (nSPS) is 16.0. The van der Waals surface area contributed by atoms with Crippen LogP contribution in [0.25, 0.3) is 0 Å². The zero-order valence-corrected chi connectivity index (χ0v) is 13.1. The smallest absolute Gasteiger partial charge is 0.226 e. The molecular weight excluding hydrogens is 274 g/mol. The van der Waals surface area contributed by atoms with Crippen LogP contribution >= 0.6 is 0 Å². The highest BCUT2D eigenvalue weighted by Crippen LogP contribution is 2.20. The van der Waals surface area contributed by atoms with Crippen LogP contribution < -0.4 is 0 Å². The molecule has 0 radical (unpaired) electrons. The number of benzene rings is 1. The zero-order valence-electron chi connectivity index (χ0n) is 13.1. The van der Waals surface area contributed by atoms with Gasteiger partial charge in [0, 0.05) is 32.0 Å². The molecule has 0 bridgehead atoms. The molecule has 1 fully saturated rings. The summed E-state index contributed by atoms with van der Waals surface area (Å²) in [6, 6.07) is 8.23. The lowest BCUT2D eigenvalue weighted by Crippen LogP contribution is -2.40. The number of amides is 1. The summed E-state index contributed by atoms with van der Waals surface area (Å²) >= 11 is 0. The zero-order chi connectivity index (χ0) is 15.4. The fourth-order valence-electron chi connectivity index (χ4n) is 3.17. The van der Waals surface area contributed by atoms with Crippen molar-refractivity contribution in [3.63, 3.8) is 0 Å². The summed E-state index contributed by atoms with van der Waals surface area (Å²) in [5.41, 5.74) is 2.33. The molecule has 0 spiro atoms. The number of rotatable bonds is 4. The fraction of sp³-hybridized carbons (Fsp3) is 0.444. The first-order valence-electron chi connectivity index (χ1n) is 8.00. The first-order valence-corrected chi connectivity index (χ1v) is 8.00. The van der Waals surface area contributed by atoms with Crippen molar-refractivity contribution in [3.8, 4) is 0 Å². The average molecular weight is 297 g/mol. The molecule has 1 aliphatic heterocycles. The maximum Gasteiger partial charge on any atom is 0.226 e. The Morgan fingerprint density at radius 1 is 1.32 bits per heavy atom. The predicted molar refractivity (Wildman–Crippen MR) is 86.4 cm³/mol. The molecule has 116 valence electrons. The van der Waals surface area contributed by atoms with Crippen molar-refractivity contribution in [3.05, 3.63) is 54.1 Å². The topological polar surface area (TPSA) is 38.1 Å². The van der Waals surface area contributed by atoms with E-state index in [1.807, 2.05) is 35.8 Å². The minimum atomic E-state index is 0.256. The summed E-state index contributed by atoms with van der Waals surface area (Å²) in [6.07, 6.45) is 8.38. The van der Waals surface area contributed by atoms with Crippen LogP contribution in [0.4, 0.5) is 0 Å². The quantitative estimate of drug-likeness (QED) is 0.870. The van der Waals surface area contributed by atoms with Gasteiger partial charge < -0.3 is 9.47 Å². The van der Waals surface area contributed by atoms with Crippen molar-refractivity contribution in [2.45, 2.75) is 32.7 Å². The van der Waals surface area contributed by atoms with Gasteiger partial charge in [-0.25, -0.2) is 4.98 Å². The van der Waals surface area contributed by atoms with E-state index < -0.39 is 0 Å². The molecule has 0 aliphatic carbocycles. The second kappa shape index (κ2) is 6.77. The molecular formula is C18H23N3O. The minimum absolute atomic E-state index is 0.256. The van der Waals surface area contributed by atoms with Gasteiger partial charge in [-0.2, -0.15) is 0 Å². The van der Waals surface area contributed by atoms with E-state index in [0.717, 1.165) is 38.0 Å². The van der Waals surface area contributed by atoms with Crippen LogP contribution in [0.3, 0.4) is 0 Å². The number of piperidine rings is 1. The van der Waals surface area contributed by atoms with Gasteiger partial charge in [0.1, 0.15) is 0 Å². The third-order valence-electron chi connectivity index (χ3n) is 4.43. The third-order valence-corrected chi connectivity index (χ3v) is 4.43. The Balaban J connectivity index is 1.49. The maximum absolute atomic E-state index is 12.4. The van der Waals surface area contributed by atoms with Gasteiger partial charge in [0.05, 0.1) is 12.7 Å². The lowest BCUT2D eigenvalue weighted by atomic mass is 9.96. The summed E-state index contributed by atoms with van der Waals surface area (Å²) in [7, 11) is 0. The molecule has 2 aromatic rings. The Kier molecular flexibility index (Phi) is 4.56. The summed E-state index contributed by atoms with van der Waals surface area (Å²) in [5, 5.41) is 0. The Morgan fingerprint density at radius 2 is 2.14 bits per heavy atom. The molecule has 0 saturated carbocycles. The lowest BCUT2D eigenvalue weighted by molar-refractivity contribution is -0.131. The predicted octanol–water partition coefficient (Wildman–Crippen LogP) is 2.67. The van der Waals surface area contributed by atoms with E-state index in [4.69, 9.17) is 0 Å². The standard InChI is InChI=1S/C18H23N3O/c1-15-3-2-4-17(11-15)12-18(22)21-8-5-16(6-9-21)13-20-10-7-19-14-20/h2-4,7,10-11,14,16H,5-6,8-9,12-13H2,1H3. The van der Waals surface area contributed by atoms with E-state index in [1.54, 1.807) is 0 Å². The van der Waals surface area contributed by atoms with E-state index in [2.05, 4.69) is 28.6 Å². The number of carbonyl (C=O) groups excluding carboxylic acids is 1. The van der Waals surface area contributed by atoms with Crippen molar-refractivity contribution < 1.29 is 4.79 Å². The number of hydrogen-bond donors (Lipinski definition) is 0. The molecule has 1 aliphatic rings. The van der Waals surface area contributed by atoms with Crippen molar-refractivity contribution >= 4 is 5.91 Å². The lowest BCUT2D eigenvalue weighted by Gasteiger charge is -2.32. The van der Waals surface area contributed by atoms with Crippen LogP contribution in [0.1, 0.15) is 24.0 Å². The Hall–Kier alpha value is -2.10. The van der Waals surface area contributed by atoms with Gasteiger partial charge in [-0.1, -0.05) is 29.8 Å². The summed E-state index contributed by atoms with van der Waals surface area (Å²) < 4.78 is 2.13. The Bertz CT molecular complexity index is 613. The second-order valence-electron chi connectivity index (χ2n) is 6.25. The maximum atomic E-state index is 12.4. The van der Waals surface area contributed by atoms with E-state index in [0.29, 0.717) is 12.3 Å². The Morgan fingerprint density at radius 3 is 2.82 bits per heavy atom. The molecule has 1 amide bonds. The molecule has 1 saturated heterocycles. The first kappa shape index (κ1) is 14.8. The number of likely N-dealkylation sites (tertiary alicyclic amines) is 1. The van der Waals surface area contributed by atoms with Crippen molar-refractivity contribution in [1.82, 2.24) is 14.5 Å². The molecule has 22 heavy (non-hydrogen) atoms. The van der Waals surface area contributed by atoms with E-state index in [-0.39, 0.29) is 5.91 Å². The average Bonchev–Trinajstić information content (AvgIpc) is 3.01. The molecule has 4 heteroatoms. The van der Waals surface area contributed by atoms with Gasteiger partial charge >= 0.3 is 0 Å². The van der Waals surface area contributed by atoms with Gasteiger partial charge in [-0.05, 0) is 31.2 Å². The number of imidazole rings is 1. The molecule has 4 nitrogen and oxygen atoms in total. The molecule has 0 N–H and O–H groups in total. The van der Waals surface area contributed by atoms with Crippen LogP contribution in [0.2, 0.25) is 0 Å². The van der Waals surface area contributed by atoms with Gasteiger partial charge in [0.15, 0.2) is 0 Å². The summed E-state index contributed by atoms with van der Waals surface area (Å²) in [6.45, 7) is 4.84. The van der Waals surface area contributed by atoms with Gasteiger partial charge in [0.25, 0.3) is 0 Å². The van der Waals surface area contributed by atoms with Gasteiger partial charge in [0.2, 0.25) is 5.91 Å². The third kappa shape index (κ3) is 3.75. The van der Waals surface area contributed by atoms with Crippen LogP contribution in [0.5, 0.6) is 0 Å². The number of aryl methyl sites for hydroxylation is 1. The van der Waals surface area contributed by atoms with Gasteiger partial charge in [-0.3, -0.25) is 4.79 Å². The van der Waals surface area contributed by atoms with E-state index in [1.165, 1.54) is 5.56 Å². The van der Waals surface area contributed by atoms with Crippen LogP contribution in [-0.4, -0.2) is 33.4 Å². The SMILES string of the molecule is Cc1cccc(CC(=O)N2CCC(Cn3ccnc3)CC2)c1. The van der Waals surface area contributed by atoms with E-state index in [9.17, 15) is 4.79 Å². The summed E-state index contributed by atoms with van der Waals surface area (Å²) in [4.78, 5) is 18.5. The van der Waals surface area contributed by atoms with Crippen LogP contribution in [0.15, 0.2) is 43.0 Å². The summed E-state index contributed by atoms with van der Waals surface area (Å²) in [5.74, 6) is 0.906. The number of aromatic nitrogens is 2. The number of hydrogen-bond acceptors (Lipinski definition) is 2. The van der Waals surface area contributed by atoms with Crippen molar-refractivity contribution in [2.75, 3.05) is 13.1 Å².